The summed E-state index contributed by atoms with van der Waals surface area (Å²) in [5.74, 6) is 0.511. The summed E-state index contributed by atoms with van der Waals surface area (Å²) >= 11 is 5.79. The maximum Gasteiger partial charge on any atom is 0.224 e. The van der Waals surface area contributed by atoms with Gasteiger partial charge in [0, 0.05) is 42.8 Å². The van der Waals surface area contributed by atoms with Crippen molar-refractivity contribution in [2.75, 3.05) is 17.3 Å². The lowest BCUT2D eigenvalue weighted by molar-refractivity contribution is -0.115. The van der Waals surface area contributed by atoms with Crippen LogP contribution in [0, 0.1) is 6.92 Å². The number of methoxy groups -OCH3 is 1. The molecule has 1 fully saturated rings. The van der Waals surface area contributed by atoms with Crippen LogP contribution in [0.3, 0.4) is 0 Å². The highest BCUT2D eigenvalue weighted by Crippen LogP contribution is 2.43. The fraction of sp³-hybridized carbons (Fsp3) is 0.292. The van der Waals surface area contributed by atoms with Gasteiger partial charge in [-0.2, -0.15) is 0 Å². The molecule has 2 aromatic heterocycles. The molecule has 8 heteroatoms. The van der Waals surface area contributed by atoms with Crippen molar-refractivity contribution in [3.8, 4) is 5.75 Å². The predicted molar refractivity (Wildman–Crippen MR) is 130 cm³/mol. The number of nitrogens with zero attached hydrogens (tertiary/aromatic N) is 3. The van der Waals surface area contributed by atoms with Gasteiger partial charge >= 0.3 is 0 Å². The third-order valence-electron chi connectivity index (χ3n) is 5.87. The number of carbonyl (C=O) groups is 1. The molecule has 0 unspecified atom stereocenters. The average molecular weight is 450 g/mol. The van der Waals surface area contributed by atoms with Gasteiger partial charge in [-0.15, -0.1) is 0 Å². The molecule has 4 rings (SSSR count). The van der Waals surface area contributed by atoms with Crippen molar-refractivity contribution in [2.45, 2.75) is 32.4 Å². The molecular formula is C24H27N5O2S. The number of aromatic nitrogens is 2. The van der Waals surface area contributed by atoms with Gasteiger partial charge in [-0.3, -0.25) is 9.78 Å². The van der Waals surface area contributed by atoms with E-state index in [-0.39, 0.29) is 18.0 Å². The van der Waals surface area contributed by atoms with E-state index in [0.29, 0.717) is 23.0 Å². The third-order valence-corrected chi connectivity index (χ3v) is 6.19. The maximum absolute atomic E-state index is 11.9. The standard InChI is InChI=1S/C24H27N5O2S/c1-5-21(30)26-17-11-10-16(14-20(17)31-4)29-23(19-12-9-15(2)28(19)3)22(27-24(29)32)18-8-6-7-13-25-18/h6-14,22-23H,5H2,1-4H3,(H,26,30)(H,27,32)/t22-,23-/m1/s1. The zero-order chi connectivity index (χ0) is 22.8. The maximum atomic E-state index is 11.9. The van der Waals surface area contributed by atoms with Gasteiger partial charge < -0.3 is 24.8 Å². The molecule has 1 aromatic carbocycles. The summed E-state index contributed by atoms with van der Waals surface area (Å²) < 4.78 is 7.76. The minimum atomic E-state index is -0.123. The Hall–Kier alpha value is -3.39. The van der Waals surface area contributed by atoms with Gasteiger partial charge in [0.2, 0.25) is 5.91 Å². The molecule has 3 aromatic rings. The first-order valence-electron chi connectivity index (χ1n) is 10.5. The van der Waals surface area contributed by atoms with Crippen LogP contribution in [0.1, 0.15) is 42.5 Å². The predicted octanol–water partition coefficient (Wildman–Crippen LogP) is 4.26. The molecule has 1 aliphatic rings. The van der Waals surface area contributed by atoms with Gasteiger partial charge in [-0.1, -0.05) is 13.0 Å². The molecule has 0 aliphatic carbocycles. The number of benzene rings is 1. The van der Waals surface area contributed by atoms with Crippen LogP contribution in [0.15, 0.2) is 54.7 Å². The number of hydrogen-bond donors (Lipinski definition) is 2. The van der Waals surface area contributed by atoms with Crippen LogP contribution >= 0.6 is 12.2 Å². The minimum Gasteiger partial charge on any atom is -0.494 e. The largest absolute Gasteiger partial charge is 0.494 e. The molecule has 2 N–H and O–H groups in total. The summed E-state index contributed by atoms with van der Waals surface area (Å²) in [5.41, 5.74) is 4.70. The topological polar surface area (TPSA) is 71.4 Å². The molecule has 0 spiro atoms. The number of carbonyl (C=O) groups excluding carboxylic acids is 1. The summed E-state index contributed by atoms with van der Waals surface area (Å²) in [7, 11) is 3.65. The molecule has 2 atom stereocenters. The number of ether oxygens (including phenoxy) is 1. The lowest BCUT2D eigenvalue weighted by atomic mass is 10.0. The second-order valence-electron chi connectivity index (χ2n) is 7.74. The van der Waals surface area contributed by atoms with E-state index in [4.69, 9.17) is 17.0 Å². The number of nitrogens with one attached hydrogen (secondary N) is 2. The molecule has 3 heterocycles. The first-order valence-corrected chi connectivity index (χ1v) is 11.0. The number of amides is 1. The van der Waals surface area contributed by atoms with E-state index in [9.17, 15) is 4.79 Å². The van der Waals surface area contributed by atoms with Crippen molar-refractivity contribution < 1.29 is 9.53 Å². The third kappa shape index (κ3) is 3.93. The second-order valence-corrected chi connectivity index (χ2v) is 8.13. The van der Waals surface area contributed by atoms with E-state index < -0.39 is 0 Å². The quantitative estimate of drug-likeness (QED) is 0.548. The van der Waals surface area contributed by atoms with Gasteiger partial charge in [0.1, 0.15) is 11.8 Å². The molecule has 1 saturated heterocycles. The van der Waals surface area contributed by atoms with E-state index in [1.807, 2.05) is 43.3 Å². The lowest BCUT2D eigenvalue weighted by Crippen LogP contribution is -2.30. The monoisotopic (exact) mass is 449 g/mol. The van der Waals surface area contributed by atoms with Gasteiger partial charge in [-0.25, -0.2) is 0 Å². The summed E-state index contributed by atoms with van der Waals surface area (Å²) in [5, 5.41) is 6.96. The van der Waals surface area contributed by atoms with Crippen molar-refractivity contribution in [3.63, 3.8) is 0 Å². The Labute approximate surface area is 193 Å². The van der Waals surface area contributed by atoms with Crippen molar-refractivity contribution in [1.29, 1.82) is 0 Å². The Morgan fingerprint density at radius 2 is 2.06 bits per heavy atom. The summed E-state index contributed by atoms with van der Waals surface area (Å²) in [6.07, 6.45) is 2.19. The van der Waals surface area contributed by atoms with E-state index in [2.05, 4.69) is 51.2 Å². The number of thiocarbonyl (C=S) groups is 1. The highest BCUT2D eigenvalue weighted by Gasteiger charge is 2.42. The Morgan fingerprint density at radius 3 is 2.69 bits per heavy atom. The van der Waals surface area contributed by atoms with Crippen molar-refractivity contribution in [1.82, 2.24) is 14.9 Å². The zero-order valence-corrected chi connectivity index (χ0v) is 19.4. The lowest BCUT2D eigenvalue weighted by Gasteiger charge is -2.29. The van der Waals surface area contributed by atoms with Crippen molar-refractivity contribution in [3.05, 3.63) is 71.8 Å². The normalized spacial score (nSPS) is 17.9. The number of rotatable bonds is 6. The molecule has 0 bridgehead atoms. The Kier molecular flexibility index (Phi) is 6.14. The van der Waals surface area contributed by atoms with Gasteiger partial charge in [0.25, 0.3) is 0 Å². The molecule has 1 amide bonds. The Balaban J connectivity index is 1.80. The fourth-order valence-corrected chi connectivity index (χ4v) is 4.38. The number of anilines is 2. The van der Waals surface area contributed by atoms with Crippen LogP contribution in [0.5, 0.6) is 5.75 Å². The van der Waals surface area contributed by atoms with Gasteiger partial charge in [0.15, 0.2) is 5.11 Å². The molecule has 1 aliphatic heterocycles. The number of pyridine rings is 1. The van der Waals surface area contributed by atoms with E-state index in [1.54, 1.807) is 13.3 Å². The molecule has 166 valence electrons. The van der Waals surface area contributed by atoms with Gasteiger partial charge in [-0.05, 0) is 55.5 Å². The second kappa shape index (κ2) is 9.00. The van der Waals surface area contributed by atoms with Crippen molar-refractivity contribution >= 4 is 34.6 Å². The van der Waals surface area contributed by atoms with Gasteiger partial charge in [0.05, 0.1) is 24.5 Å². The van der Waals surface area contributed by atoms with E-state index >= 15 is 0 Å². The summed E-state index contributed by atoms with van der Waals surface area (Å²) in [6.45, 7) is 3.90. The summed E-state index contributed by atoms with van der Waals surface area (Å²) in [4.78, 5) is 18.6. The first-order chi connectivity index (χ1) is 15.4. The smallest absolute Gasteiger partial charge is 0.224 e. The first kappa shape index (κ1) is 21.8. The van der Waals surface area contributed by atoms with E-state index in [1.165, 1.54) is 0 Å². The van der Waals surface area contributed by atoms with Crippen LogP contribution in [0.2, 0.25) is 0 Å². The van der Waals surface area contributed by atoms with Crippen molar-refractivity contribution in [2.24, 2.45) is 7.05 Å². The van der Waals surface area contributed by atoms with Crippen LogP contribution in [-0.2, 0) is 11.8 Å². The Morgan fingerprint density at radius 1 is 1.25 bits per heavy atom. The highest BCUT2D eigenvalue weighted by molar-refractivity contribution is 7.80. The highest BCUT2D eigenvalue weighted by atomic mass is 32.1. The number of hydrogen-bond acceptors (Lipinski definition) is 4. The molecular weight excluding hydrogens is 422 g/mol. The van der Waals surface area contributed by atoms with Crippen LogP contribution in [0.25, 0.3) is 0 Å². The minimum absolute atomic E-state index is 0.0678. The molecule has 32 heavy (non-hydrogen) atoms. The zero-order valence-electron chi connectivity index (χ0n) is 18.6. The van der Waals surface area contributed by atoms with Crippen LogP contribution in [0.4, 0.5) is 11.4 Å². The molecule has 0 radical (unpaired) electrons. The molecule has 7 nitrogen and oxygen atoms in total. The summed E-state index contributed by atoms with van der Waals surface area (Å²) in [6, 6.07) is 15.6. The average Bonchev–Trinajstić information content (AvgIpc) is 3.33. The number of aryl methyl sites for hydroxylation is 1. The Bertz CT molecular complexity index is 1140. The van der Waals surface area contributed by atoms with Crippen LogP contribution < -0.4 is 20.3 Å². The SMILES string of the molecule is CCC(=O)Nc1ccc(N2C(=S)N[C@H](c3ccccn3)[C@H]2c2ccc(C)n2C)cc1OC. The molecule has 0 saturated carbocycles. The van der Waals surface area contributed by atoms with Crippen LogP contribution in [-0.4, -0.2) is 27.7 Å². The van der Waals surface area contributed by atoms with E-state index in [0.717, 1.165) is 22.8 Å². The fourth-order valence-electron chi connectivity index (χ4n) is 4.04.